The van der Waals surface area contributed by atoms with Crippen molar-refractivity contribution in [2.45, 2.75) is 6.61 Å². The molecular weight excluding hydrogens is 436 g/mol. The highest BCUT2D eigenvalue weighted by atomic mass is 35.5. The Kier molecular flexibility index (Phi) is 5.91. The number of imidazole rings is 1. The van der Waals surface area contributed by atoms with E-state index >= 15 is 0 Å². The number of nitro groups is 1. The molecule has 0 aliphatic heterocycles. The fourth-order valence-electron chi connectivity index (χ4n) is 3.07. The third-order valence-electron chi connectivity index (χ3n) is 4.62. The predicted molar refractivity (Wildman–Crippen MR) is 119 cm³/mol. The van der Waals surface area contributed by atoms with Gasteiger partial charge in [0.05, 0.1) is 28.3 Å². The highest BCUT2D eigenvalue weighted by Gasteiger charge is 2.17. The molecule has 0 saturated carbocycles. The van der Waals surface area contributed by atoms with Gasteiger partial charge in [-0.25, -0.2) is 4.98 Å². The van der Waals surface area contributed by atoms with E-state index in [1.165, 1.54) is 19.2 Å². The van der Waals surface area contributed by atoms with E-state index in [9.17, 15) is 14.9 Å². The fraction of sp³-hybridized carbons (Fsp3) is 0.0909. The van der Waals surface area contributed by atoms with Crippen LogP contribution in [-0.2, 0) is 6.61 Å². The van der Waals surface area contributed by atoms with Crippen molar-refractivity contribution in [3.05, 3.63) is 93.4 Å². The lowest BCUT2D eigenvalue weighted by atomic mass is 10.1. The molecule has 0 unspecified atom stereocenters. The molecule has 0 aliphatic rings. The molecule has 0 radical (unpaired) electrons. The summed E-state index contributed by atoms with van der Waals surface area (Å²) in [4.78, 5) is 27.5. The van der Waals surface area contributed by atoms with Crippen molar-refractivity contribution in [3.8, 4) is 11.5 Å². The van der Waals surface area contributed by atoms with Crippen LogP contribution in [0, 0.1) is 10.1 Å². The van der Waals surface area contributed by atoms with Crippen LogP contribution in [0.2, 0.25) is 5.02 Å². The first kappa shape index (κ1) is 21.1. The second kappa shape index (κ2) is 8.94. The maximum absolute atomic E-state index is 12.7. The predicted octanol–water partition coefficient (Wildman–Crippen LogP) is 4.74. The van der Waals surface area contributed by atoms with Gasteiger partial charge in [-0.15, -0.1) is 0 Å². The molecule has 0 atom stereocenters. The van der Waals surface area contributed by atoms with Gasteiger partial charge in [0, 0.05) is 36.3 Å². The molecule has 2 aromatic heterocycles. The van der Waals surface area contributed by atoms with Gasteiger partial charge in [-0.05, 0) is 30.3 Å². The number of anilines is 1. The lowest BCUT2D eigenvalue weighted by Crippen LogP contribution is -2.13. The molecule has 0 bridgehead atoms. The quantitative estimate of drug-likeness (QED) is 0.320. The zero-order valence-corrected chi connectivity index (χ0v) is 17.6. The molecule has 0 saturated heterocycles. The molecule has 2 heterocycles. The number of amides is 1. The number of methoxy groups -OCH3 is 1. The van der Waals surface area contributed by atoms with Gasteiger partial charge in [0.1, 0.15) is 12.3 Å². The smallest absolute Gasteiger partial charge is 0.270 e. The minimum absolute atomic E-state index is 0.0103. The molecule has 32 heavy (non-hydrogen) atoms. The number of nitrogens with zero attached hydrogens (tertiary/aromatic N) is 3. The Morgan fingerprint density at radius 3 is 2.78 bits per heavy atom. The first-order chi connectivity index (χ1) is 15.4. The molecule has 9 nitrogen and oxygen atoms in total. The second-order valence-electron chi connectivity index (χ2n) is 6.73. The van der Waals surface area contributed by atoms with Crippen LogP contribution in [0.4, 0.5) is 11.4 Å². The molecule has 4 aromatic rings. The summed E-state index contributed by atoms with van der Waals surface area (Å²) in [5, 5.41) is 13.8. The van der Waals surface area contributed by atoms with E-state index in [0.717, 1.165) is 17.4 Å². The van der Waals surface area contributed by atoms with Gasteiger partial charge in [0.2, 0.25) is 0 Å². The van der Waals surface area contributed by atoms with E-state index < -0.39 is 10.8 Å². The van der Waals surface area contributed by atoms with E-state index in [2.05, 4.69) is 10.3 Å². The first-order valence-electron chi connectivity index (χ1n) is 9.43. The molecule has 10 heteroatoms. The Balaban J connectivity index is 1.53. The number of hydrogen-bond acceptors (Lipinski definition) is 6. The van der Waals surface area contributed by atoms with Crippen molar-refractivity contribution >= 4 is 34.5 Å². The first-order valence-corrected chi connectivity index (χ1v) is 9.81. The number of ether oxygens (including phenoxy) is 2. The number of non-ortho nitro benzene ring substituents is 1. The van der Waals surface area contributed by atoms with E-state index in [4.69, 9.17) is 21.1 Å². The number of rotatable bonds is 7. The van der Waals surface area contributed by atoms with Gasteiger partial charge < -0.3 is 19.2 Å². The van der Waals surface area contributed by atoms with Gasteiger partial charge in [-0.1, -0.05) is 17.7 Å². The normalized spacial score (nSPS) is 10.7. The lowest BCUT2D eigenvalue weighted by molar-refractivity contribution is -0.384. The van der Waals surface area contributed by atoms with Crippen molar-refractivity contribution in [1.82, 2.24) is 9.38 Å². The van der Waals surface area contributed by atoms with Crippen molar-refractivity contribution in [2.24, 2.45) is 0 Å². The molecule has 0 fully saturated rings. The van der Waals surface area contributed by atoms with Gasteiger partial charge in [0.15, 0.2) is 11.5 Å². The summed E-state index contributed by atoms with van der Waals surface area (Å²) in [6.07, 6.45) is 3.75. The van der Waals surface area contributed by atoms with Crippen LogP contribution in [-0.4, -0.2) is 27.3 Å². The van der Waals surface area contributed by atoms with E-state index in [-0.39, 0.29) is 22.9 Å². The maximum Gasteiger partial charge on any atom is 0.270 e. The number of carbonyl (C=O) groups is 1. The Hall–Kier alpha value is -4.11. The van der Waals surface area contributed by atoms with Crippen molar-refractivity contribution < 1.29 is 19.2 Å². The topological polar surface area (TPSA) is 108 Å². The third kappa shape index (κ3) is 4.47. The largest absolute Gasteiger partial charge is 0.493 e. The van der Waals surface area contributed by atoms with Crippen LogP contribution in [0.5, 0.6) is 11.5 Å². The molecule has 0 spiro atoms. The number of hydrogen-bond donors (Lipinski definition) is 1. The summed E-state index contributed by atoms with van der Waals surface area (Å²) in [5.74, 6) is 0.280. The maximum atomic E-state index is 12.7. The SMILES string of the molecule is COc1ccc(NC(=O)c2cc([N+](=O)[O-])ccc2Cl)cc1OCc1cn2ccccc2n1. The highest BCUT2D eigenvalue weighted by Crippen LogP contribution is 2.31. The minimum atomic E-state index is -0.592. The van der Waals surface area contributed by atoms with Crippen LogP contribution >= 0.6 is 11.6 Å². The van der Waals surface area contributed by atoms with Crippen LogP contribution in [0.15, 0.2) is 67.0 Å². The number of fused-ring (bicyclic) bond motifs is 1. The minimum Gasteiger partial charge on any atom is -0.493 e. The molecule has 162 valence electrons. The van der Waals surface area contributed by atoms with Crippen LogP contribution in [0.1, 0.15) is 16.1 Å². The number of pyridine rings is 1. The number of aromatic nitrogens is 2. The molecule has 1 N–H and O–H groups in total. The summed E-state index contributed by atoms with van der Waals surface area (Å²) in [6, 6.07) is 14.2. The third-order valence-corrected chi connectivity index (χ3v) is 4.95. The number of carbonyl (C=O) groups excluding carboxylic acids is 1. The fourth-order valence-corrected chi connectivity index (χ4v) is 3.28. The standard InChI is InChI=1S/C22H17ClN4O5/c1-31-19-8-5-14(25-22(28)17-11-16(27(29)30)6-7-18(17)23)10-20(19)32-13-15-12-26-9-3-2-4-21(26)24-15/h2-12H,13H2,1H3,(H,25,28). The van der Waals surface area contributed by atoms with Crippen molar-refractivity contribution in [1.29, 1.82) is 0 Å². The Morgan fingerprint density at radius 2 is 2.03 bits per heavy atom. The van der Waals surface area contributed by atoms with Crippen molar-refractivity contribution in [3.63, 3.8) is 0 Å². The molecular formula is C22H17ClN4O5. The number of benzene rings is 2. The zero-order valence-electron chi connectivity index (χ0n) is 16.8. The van der Waals surface area contributed by atoms with Crippen LogP contribution in [0.25, 0.3) is 5.65 Å². The molecule has 2 aromatic carbocycles. The summed E-state index contributed by atoms with van der Waals surface area (Å²) in [5.41, 5.74) is 1.68. The number of nitro benzene ring substituents is 1. The summed E-state index contributed by atoms with van der Waals surface area (Å²) in [6.45, 7) is 0.187. The van der Waals surface area contributed by atoms with Gasteiger partial charge in [0.25, 0.3) is 11.6 Å². The van der Waals surface area contributed by atoms with Crippen LogP contribution < -0.4 is 14.8 Å². The molecule has 1 amide bonds. The Morgan fingerprint density at radius 1 is 1.19 bits per heavy atom. The van der Waals surface area contributed by atoms with Gasteiger partial charge in [-0.3, -0.25) is 14.9 Å². The summed E-state index contributed by atoms with van der Waals surface area (Å²) >= 11 is 6.05. The van der Waals surface area contributed by atoms with E-state index in [0.29, 0.717) is 17.2 Å². The van der Waals surface area contributed by atoms with Gasteiger partial charge >= 0.3 is 0 Å². The second-order valence-corrected chi connectivity index (χ2v) is 7.14. The van der Waals surface area contributed by atoms with Crippen molar-refractivity contribution in [2.75, 3.05) is 12.4 Å². The van der Waals surface area contributed by atoms with E-state index in [1.807, 2.05) is 35.0 Å². The van der Waals surface area contributed by atoms with E-state index in [1.54, 1.807) is 18.2 Å². The monoisotopic (exact) mass is 452 g/mol. The molecule has 4 rings (SSSR count). The Bertz CT molecular complexity index is 1290. The Labute approximate surface area is 187 Å². The molecule has 0 aliphatic carbocycles. The summed E-state index contributed by atoms with van der Waals surface area (Å²) in [7, 11) is 1.51. The number of nitrogens with one attached hydrogen (secondary N) is 1. The zero-order chi connectivity index (χ0) is 22.7. The highest BCUT2D eigenvalue weighted by molar-refractivity contribution is 6.34. The van der Waals surface area contributed by atoms with Crippen LogP contribution in [0.3, 0.4) is 0 Å². The average molecular weight is 453 g/mol. The number of halogens is 1. The lowest BCUT2D eigenvalue weighted by Gasteiger charge is -2.13. The average Bonchev–Trinajstić information content (AvgIpc) is 3.21. The summed E-state index contributed by atoms with van der Waals surface area (Å²) < 4.78 is 13.1. The van der Waals surface area contributed by atoms with Gasteiger partial charge in [-0.2, -0.15) is 0 Å².